The van der Waals surface area contributed by atoms with Gasteiger partial charge >= 0.3 is 0 Å². The van der Waals surface area contributed by atoms with E-state index < -0.39 is 0 Å². The van der Waals surface area contributed by atoms with Crippen LogP contribution in [0.15, 0.2) is 91.0 Å². The molecule has 4 heteroatoms. The van der Waals surface area contributed by atoms with Gasteiger partial charge in [-0.25, -0.2) is 0 Å². The Labute approximate surface area is 260 Å². The van der Waals surface area contributed by atoms with Crippen LogP contribution in [0, 0.1) is 0 Å². The van der Waals surface area contributed by atoms with Crippen LogP contribution in [0.5, 0.6) is 11.5 Å². The van der Waals surface area contributed by atoms with Gasteiger partial charge < -0.3 is 18.7 Å². The molecule has 3 aromatic rings. The lowest BCUT2D eigenvalue weighted by Gasteiger charge is -2.23. The molecule has 4 nitrogen and oxygen atoms in total. The Morgan fingerprint density at radius 2 is 0.857 bits per heavy atom. The molecule has 238 valence electrons. The molecule has 3 aromatic carbocycles. The van der Waals surface area contributed by atoms with Crippen molar-refractivity contribution in [3.8, 4) is 11.5 Å². The Morgan fingerprint density at radius 3 is 1.33 bits per heavy atom. The molecule has 0 aliphatic rings. The number of benzene rings is 3. The number of hydrogen-bond acceptors (Lipinski definition) is 3. The molecule has 0 amide bonds. The zero-order valence-electron chi connectivity index (χ0n) is 28.6. The van der Waals surface area contributed by atoms with E-state index in [1.54, 1.807) is 0 Å². The summed E-state index contributed by atoms with van der Waals surface area (Å²) < 4.78 is 18.3. The lowest BCUT2D eigenvalue weighted by Crippen LogP contribution is -2.37. The van der Waals surface area contributed by atoms with E-state index in [9.17, 15) is 0 Å². The third kappa shape index (κ3) is 27.4. The van der Waals surface area contributed by atoms with Gasteiger partial charge in [0.05, 0.1) is 34.4 Å². The summed E-state index contributed by atoms with van der Waals surface area (Å²) in [6.07, 6.45) is 7.32. The number of quaternary nitrogens is 1. The largest absolute Gasteiger partial charge is 0.494 e. The molecule has 42 heavy (non-hydrogen) atoms. The average molecular weight is 583 g/mol. The van der Waals surface area contributed by atoms with Crippen LogP contribution in [0.3, 0.4) is 0 Å². The predicted octanol–water partition coefficient (Wildman–Crippen LogP) is 10.5. The van der Waals surface area contributed by atoms with E-state index in [0.717, 1.165) is 48.8 Å². The summed E-state index contributed by atoms with van der Waals surface area (Å²) in [6, 6.07) is 30.1. The summed E-state index contributed by atoms with van der Waals surface area (Å²) in [6.45, 7) is 16.2. The van der Waals surface area contributed by atoms with Gasteiger partial charge in [0.25, 0.3) is 0 Å². The van der Waals surface area contributed by atoms with E-state index in [0.29, 0.717) is 6.61 Å². The van der Waals surface area contributed by atoms with Gasteiger partial charge in [-0.1, -0.05) is 134 Å². The van der Waals surface area contributed by atoms with Gasteiger partial charge in [0.15, 0.2) is 0 Å². The molecule has 0 heterocycles. The predicted molar refractivity (Wildman–Crippen MR) is 185 cm³/mol. The van der Waals surface area contributed by atoms with E-state index in [1.807, 2.05) is 120 Å². The smallest absolute Gasteiger partial charge is 0.120 e. The van der Waals surface area contributed by atoms with Crippen molar-refractivity contribution in [1.29, 1.82) is 0 Å². The maximum Gasteiger partial charge on any atom is 0.120 e. The average Bonchev–Trinajstić information content (AvgIpc) is 3.05. The highest BCUT2D eigenvalue weighted by Gasteiger charge is 2.05. The van der Waals surface area contributed by atoms with E-state index in [4.69, 9.17) is 14.2 Å². The molecular formula is C38H64NO3+. The van der Waals surface area contributed by atoms with E-state index in [2.05, 4.69) is 33.3 Å². The summed E-state index contributed by atoms with van der Waals surface area (Å²) in [5, 5.41) is 0. The Bertz CT molecular complexity index is 851. The maximum atomic E-state index is 5.85. The zero-order chi connectivity index (χ0) is 31.7. The van der Waals surface area contributed by atoms with Crippen molar-refractivity contribution < 1.29 is 18.7 Å². The first-order valence-electron chi connectivity index (χ1n) is 16.3. The third-order valence-electron chi connectivity index (χ3n) is 5.60. The number of hydrogen-bond donors (Lipinski definition) is 0. The van der Waals surface area contributed by atoms with Crippen molar-refractivity contribution in [3.05, 3.63) is 96.6 Å². The SMILES string of the molecule is CC.CC.CC.C[N+](C)(C)CCOCCCCCCCCOc1ccc(OCc2ccccc2)cc1.c1ccccc1. The van der Waals surface area contributed by atoms with Crippen molar-refractivity contribution >= 4 is 0 Å². The highest BCUT2D eigenvalue weighted by Crippen LogP contribution is 2.19. The molecule has 0 radical (unpaired) electrons. The van der Waals surface area contributed by atoms with Crippen LogP contribution < -0.4 is 9.47 Å². The fourth-order valence-corrected chi connectivity index (χ4v) is 3.40. The van der Waals surface area contributed by atoms with Gasteiger partial charge in [-0.05, 0) is 42.7 Å². The minimum absolute atomic E-state index is 0.587. The van der Waals surface area contributed by atoms with Gasteiger partial charge in [0, 0.05) is 6.61 Å². The molecule has 3 rings (SSSR count). The number of unbranched alkanes of at least 4 members (excludes halogenated alkanes) is 5. The molecule has 0 spiro atoms. The molecule has 0 saturated heterocycles. The monoisotopic (exact) mass is 582 g/mol. The third-order valence-corrected chi connectivity index (χ3v) is 5.60. The van der Waals surface area contributed by atoms with E-state index in [1.165, 1.54) is 37.7 Å². The van der Waals surface area contributed by atoms with Crippen LogP contribution in [0.4, 0.5) is 0 Å². The number of ether oxygens (including phenoxy) is 3. The normalized spacial score (nSPS) is 9.74. The highest BCUT2D eigenvalue weighted by atomic mass is 16.5. The van der Waals surface area contributed by atoms with Gasteiger partial charge in [0.1, 0.15) is 24.7 Å². The lowest BCUT2D eigenvalue weighted by molar-refractivity contribution is -0.870. The Morgan fingerprint density at radius 1 is 0.452 bits per heavy atom. The summed E-state index contributed by atoms with van der Waals surface area (Å²) in [5.74, 6) is 1.78. The maximum absolute atomic E-state index is 5.85. The minimum atomic E-state index is 0.587. The van der Waals surface area contributed by atoms with Gasteiger partial charge in [0.2, 0.25) is 0 Å². The Kier molecular flexibility index (Phi) is 30.6. The molecule has 0 aliphatic heterocycles. The molecule has 0 unspecified atom stereocenters. The first-order chi connectivity index (χ1) is 20.5. The van der Waals surface area contributed by atoms with Crippen LogP contribution in [0.1, 0.15) is 85.6 Å². The molecular weight excluding hydrogens is 518 g/mol. The topological polar surface area (TPSA) is 27.7 Å². The van der Waals surface area contributed by atoms with Crippen molar-refractivity contribution in [2.45, 2.75) is 86.7 Å². The second kappa shape index (κ2) is 31.1. The van der Waals surface area contributed by atoms with Crippen LogP contribution in [-0.4, -0.2) is 52.0 Å². The zero-order valence-corrected chi connectivity index (χ0v) is 28.6. The summed E-state index contributed by atoms with van der Waals surface area (Å²) >= 11 is 0. The molecule has 0 N–H and O–H groups in total. The summed E-state index contributed by atoms with van der Waals surface area (Å²) in [4.78, 5) is 0. The van der Waals surface area contributed by atoms with E-state index >= 15 is 0 Å². The van der Waals surface area contributed by atoms with Crippen molar-refractivity contribution in [2.24, 2.45) is 0 Å². The van der Waals surface area contributed by atoms with Crippen LogP contribution in [0.2, 0.25) is 0 Å². The fourth-order valence-electron chi connectivity index (χ4n) is 3.40. The van der Waals surface area contributed by atoms with Gasteiger partial charge in [-0.2, -0.15) is 0 Å². The van der Waals surface area contributed by atoms with Crippen LogP contribution >= 0.6 is 0 Å². The number of likely N-dealkylation sites (N-methyl/N-ethyl adjacent to an activating group) is 1. The van der Waals surface area contributed by atoms with Crippen LogP contribution in [-0.2, 0) is 11.3 Å². The molecule has 0 aliphatic carbocycles. The Balaban J connectivity index is 0. The van der Waals surface area contributed by atoms with Crippen molar-refractivity contribution in [2.75, 3.05) is 47.5 Å². The summed E-state index contributed by atoms with van der Waals surface area (Å²) in [5.41, 5.74) is 1.17. The first-order valence-corrected chi connectivity index (χ1v) is 16.3. The highest BCUT2D eigenvalue weighted by molar-refractivity contribution is 5.31. The standard InChI is InChI=1S/C26H40NO3.C6H6.3C2H6/c1-27(2,3)19-22-28-20-11-6-4-5-7-12-21-29-25-15-17-26(18-16-25)30-23-24-13-9-8-10-14-24;1-2-4-6-5-3-1;3*1-2/h8-10,13-18H,4-7,11-12,19-23H2,1-3H3;1-6H;3*1-2H3/q+1;;;;. The lowest BCUT2D eigenvalue weighted by atomic mass is 10.1. The molecule has 0 bridgehead atoms. The van der Waals surface area contributed by atoms with Gasteiger partial charge in [-0.3, -0.25) is 0 Å². The second-order valence-corrected chi connectivity index (χ2v) is 10.00. The van der Waals surface area contributed by atoms with E-state index in [-0.39, 0.29) is 0 Å². The number of rotatable bonds is 16. The molecule has 0 fully saturated rings. The van der Waals surface area contributed by atoms with Crippen molar-refractivity contribution in [3.63, 3.8) is 0 Å². The second-order valence-electron chi connectivity index (χ2n) is 10.00. The van der Waals surface area contributed by atoms with Gasteiger partial charge in [-0.15, -0.1) is 0 Å². The molecule has 0 aromatic heterocycles. The molecule has 0 atom stereocenters. The van der Waals surface area contributed by atoms with Crippen LogP contribution in [0.25, 0.3) is 0 Å². The fraction of sp³-hybridized carbons (Fsp3) is 0.526. The molecule has 0 saturated carbocycles. The number of nitrogens with zero attached hydrogens (tertiary/aromatic N) is 1. The minimum Gasteiger partial charge on any atom is -0.494 e. The van der Waals surface area contributed by atoms with Crippen molar-refractivity contribution in [1.82, 2.24) is 0 Å². The first kappa shape index (κ1) is 41.3. The Hall–Kier alpha value is -2.82. The summed E-state index contributed by atoms with van der Waals surface area (Å²) in [7, 11) is 6.59. The quantitative estimate of drug-likeness (QED) is 0.124.